The van der Waals surface area contributed by atoms with E-state index < -0.39 is 6.10 Å². The molecule has 0 fully saturated rings. The number of aliphatic hydroxyl groups is 1. The van der Waals surface area contributed by atoms with E-state index in [0.717, 1.165) is 18.5 Å². The number of hydrogen-bond donors (Lipinski definition) is 1. The molecule has 3 unspecified atom stereocenters. The fourth-order valence-electron chi connectivity index (χ4n) is 2.71. The van der Waals surface area contributed by atoms with Crippen LogP contribution in [-0.4, -0.2) is 21.0 Å². The molecule has 0 saturated heterocycles. The third-order valence-corrected chi connectivity index (χ3v) is 4.26. The molecule has 21 heavy (non-hydrogen) atoms. The smallest absolute Gasteiger partial charge is 0.0664 e. The predicted molar refractivity (Wildman–Crippen MR) is 86.4 cm³/mol. The third kappa shape index (κ3) is 3.94. The number of hydrogen-bond acceptors (Lipinski definition) is 2. The van der Waals surface area contributed by atoms with E-state index in [2.05, 4.69) is 38.0 Å². The third-order valence-electron chi connectivity index (χ3n) is 4.26. The van der Waals surface area contributed by atoms with E-state index in [0.29, 0.717) is 12.5 Å². The fourth-order valence-corrected chi connectivity index (χ4v) is 2.71. The maximum Gasteiger partial charge on any atom is 0.0664 e. The molecule has 3 atom stereocenters. The molecule has 1 aromatic carbocycles. The van der Waals surface area contributed by atoms with Gasteiger partial charge in [0.2, 0.25) is 0 Å². The van der Waals surface area contributed by atoms with Crippen molar-refractivity contribution in [3.8, 4) is 0 Å². The quantitative estimate of drug-likeness (QED) is 0.837. The van der Waals surface area contributed by atoms with Gasteiger partial charge in [-0.25, -0.2) is 0 Å². The molecule has 1 aromatic heterocycles. The highest BCUT2D eigenvalue weighted by atomic mass is 16.3. The van der Waals surface area contributed by atoms with Crippen molar-refractivity contribution < 1.29 is 5.11 Å². The molecule has 0 aliphatic carbocycles. The van der Waals surface area contributed by atoms with Crippen molar-refractivity contribution in [3.05, 3.63) is 53.9 Å². The standard InChI is InChI=1S/C18H26N2O/c1-4-14(3)20-12-11-16(19-20)13-18(21)17(5-2)15-9-7-6-8-10-15/h6-12,14,17-18,21H,4-5,13H2,1-3H3. The summed E-state index contributed by atoms with van der Waals surface area (Å²) in [5.41, 5.74) is 2.17. The summed E-state index contributed by atoms with van der Waals surface area (Å²) in [7, 11) is 0. The first-order valence-electron chi connectivity index (χ1n) is 7.92. The molecule has 0 bridgehead atoms. The topological polar surface area (TPSA) is 38.0 Å². The Balaban J connectivity index is 2.06. The van der Waals surface area contributed by atoms with Crippen molar-refractivity contribution in [2.45, 2.75) is 58.1 Å². The number of aliphatic hydroxyl groups excluding tert-OH is 1. The van der Waals surface area contributed by atoms with Crippen LogP contribution < -0.4 is 0 Å². The zero-order chi connectivity index (χ0) is 15.2. The molecule has 0 aliphatic rings. The van der Waals surface area contributed by atoms with Crippen LogP contribution in [0.15, 0.2) is 42.6 Å². The Bertz CT molecular complexity index is 535. The van der Waals surface area contributed by atoms with Gasteiger partial charge in [-0.05, 0) is 31.4 Å². The van der Waals surface area contributed by atoms with Crippen LogP contribution in [0.25, 0.3) is 0 Å². The Hall–Kier alpha value is -1.61. The first-order chi connectivity index (χ1) is 10.2. The highest BCUT2D eigenvalue weighted by Crippen LogP contribution is 2.25. The molecular formula is C18H26N2O. The summed E-state index contributed by atoms with van der Waals surface area (Å²) in [5.74, 6) is 0.167. The van der Waals surface area contributed by atoms with Crippen LogP contribution in [0.5, 0.6) is 0 Å². The first kappa shape index (κ1) is 15.8. The lowest BCUT2D eigenvalue weighted by molar-refractivity contribution is 0.139. The van der Waals surface area contributed by atoms with Crippen molar-refractivity contribution in [2.24, 2.45) is 0 Å². The van der Waals surface area contributed by atoms with E-state index in [-0.39, 0.29) is 5.92 Å². The molecule has 0 saturated carbocycles. The van der Waals surface area contributed by atoms with Gasteiger partial charge in [-0.2, -0.15) is 5.10 Å². The lowest BCUT2D eigenvalue weighted by Crippen LogP contribution is -2.21. The van der Waals surface area contributed by atoms with E-state index in [4.69, 9.17) is 0 Å². The molecule has 0 spiro atoms. The summed E-state index contributed by atoms with van der Waals surface area (Å²) < 4.78 is 1.99. The summed E-state index contributed by atoms with van der Waals surface area (Å²) in [6, 6.07) is 12.7. The van der Waals surface area contributed by atoms with Gasteiger partial charge in [0.1, 0.15) is 0 Å². The average Bonchev–Trinajstić information content (AvgIpc) is 2.96. The molecule has 3 heteroatoms. The largest absolute Gasteiger partial charge is 0.392 e. The highest BCUT2D eigenvalue weighted by molar-refractivity contribution is 5.21. The van der Waals surface area contributed by atoms with Crippen molar-refractivity contribution in [2.75, 3.05) is 0 Å². The Morgan fingerprint density at radius 2 is 1.81 bits per heavy atom. The van der Waals surface area contributed by atoms with E-state index in [1.165, 1.54) is 5.56 Å². The zero-order valence-electron chi connectivity index (χ0n) is 13.2. The SMILES string of the molecule is CCC(c1ccccc1)C(O)Cc1ccn(C(C)CC)n1. The lowest BCUT2D eigenvalue weighted by atomic mass is 9.89. The summed E-state index contributed by atoms with van der Waals surface area (Å²) in [4.78, 5) is 0. The molecule has 0 radical (unpaired) electrons. The van der Waals surface area contributed by atoms with Crippen LogP contribution in [-0.2, 0) is 6.42 Å². The molecule has 1 N–H and O–H groups in total. The van der Waals surface area contributed by atoms with E-state index in [1.807, 2.05) is 35.1 Å². The second kappa shape index (κ2) is 7.41. The molecular weight excluding hydrogens is 260 g/mol. The molecule has 1 heterocycles. The monoisotopic (exact) mass is 286 g/mol. The minimum atomic E-state index is -0.391. The van der Waals surface area contributed by atoms with Gasteiger partial charge in [0.05, 0.1) is 11.8 Å². The molecule has 3 nitrogen and oxygen atoms in total. The second-order valence-corrected chi connectivity index (χ2v) is 5.74. The van der Waals surface area contributed by atoms with Crippen LogP contribution in [0.3, 0.4) is 0 Å². The van der Waals surface area contributed by atoms with Crippen LogP contribution in [0.1, 0.15) is 56.8 Å². The second-order valence-electron chi connectivity index (χ2n) is 5.74. The minimum absolute atomic E-state index is 0.167. The fraction of sp³-hybridized carbons (Fsp3) is 0.500. The van der Waals surface area contributed by atoms with Gasteiger partial charge in [0, 0.05) is 24.6 Å². The Kier molecular flexibility index (Phi) is 5.57. The van der Waals surface area contributed by atoms with E-state index in [9.17, 15) is 5.11 Å². The molecule has 2 aromatic rings. The van der Waals surface area contributed by atoms with Crippen LogP contribution >= 0.6 is 0 Å². The highest BCUT2D eigenvalue weighted by Gasteiger charge is 2.20. The Morgan fingerprint density at radius 1 is 1.10 bits per heavy atom. The summed E-state index contributed by atoms with van der Waals surface area (Å²) in [6.45, 7) is 6.44. The van der Waals surface area contributed by atoms with Gasteiger partial charge >= 0.3 is 0 Å². The maximum absolute atomic E-state index is 10.6. The van der Waals surface area contributed by atoms with Gasteiger partial charge in [-0.1, -0.05) is 44.2 Å². The molecule has 0 amide bonds. The molecule has 114 valence electrons. The zero-order valence-corrected chi connectivity index (χ0v) is 13.2. The van der Waals surface area contributed by atoms with Crippen LogP contribution in [0, 0.1) is 0 Å². The normalized spacial score (nSPS) is 15.6. The van der Waals surface area contributed by atoms with Crippen LogP contribution in [0.4, 0.5) is 0 Å². The summed E-state index contributed by atoms with van der Waals surface area (Å²) in [5, 5.41) is 15.2. The van der Waals surface area contributed by atoms with Gasteiger partial charge in [0.15, 0.2) is 0 Å². The predicted octanol–water partition coefficient (Wildman–Crippen LogP) is 3.95. The summed E-state index contributed by atoms with van der Waals surface area (Å²) >= 11 is 0. The van der Waals surface area contributed by atoms with E-state index in [1.54, 1.807) is 0 Å². The van der Waals surface area contributed by atoms with Crippen molar-refractivity contribution in [3.63, 3.8) is 0 Å². The van der Waals surface area contributed by atoms with Gasteiger partial charge in [0.25, 0.3) is 0 Å². The lowest BCUT2D eigenvalue weighted by Gasteiger charge is -2.21. The van der Waals surface area contributed by atoms with Crippen LogP contribution in [0.2, 0.25) is 0 Å². The maximum atomic E-state index is 10.6. The number of rotatable bonds is 7. The van der Waals surface area contributed by atoms with Crippen molar-refractivity contribution >= 4 is 0 Å². The Morgan fingerprint density at radius 3 is 2.43 bits per heavy atom. The summed E-state index contributed by atoms with van der Waals surface area (Å²) in [6.07, 6.45) is 4.22. The minimum Gasteiger partial charge on any atom is -0.392 e. The number of nitrogens with zero attached hydrogens (tertiary/aromatic N) is 2. The molecule has 2 rings (SSSR count). The van der Waals surface area contributed by atoms with E-state index >= 15 is 0 Å². The number of aromatic nitrogens is 2. The van der Waals surface area contributed by atoms with Gasteiger partial charge in [-0.3, -0.25) is 4.68 Å². The molecule has 0 aliphatic heterocycles. The van der Waals surface area contributed by atoms with Gasteiger partial charge < -0.3 is 5.11 Å². The van der Waals surface area contributed by atoms with Crippen molar-refractivity contribution in [1.29, 1.82) is 0 Å². The Labute approximate surface area is 127 Å². The van der Waals surface area contributed by atoms with Gasteiger partial charge in [-0.15, -0.1) is 0 Å². The first-order valence-corrected chi connectivity index (χ1v) is 7.92. The van der Waals surface area contributed by atoms with Crippen molar-refractivity contribution in [1.82, 2.24) is 9.78 Å². The average molecular weight is 286 g/mol. The number of benzene rings is 1.